The van der Waals surface area contributed by atoms with Gasteiger partial charge < -0.3 is 5.32 Å². The highest BCUT2D eigenvalue weighted by Crippen LogP contribution is 2.33. The molecule has 0 saturated carbocycles. The van der Waals surface area contributed by atoms with E-state index in [0.29, 0.717) is 20.9 Å². The van der Waals surface area contributed by atoms with Gasteiger partial charge in [0.25, 0.3) is 0 Å². The number of benzene rings is 2. The van der Waals surface area contributed by atoms with Crippen LogP contribution in [-0.2, 0) is 0 Å². The number of halogens is 2. The fourth-order valence-electron chi connectivity index (χ4n) is 1.97. The van der Waals surface area contributed by atoms with Crippen molar-refractivity contribution in [3.05, 3.63) is 52.0 Å². The van der Waals surface area contributed by atoms with Crippen LogP contribution in [0.3, 0.4) is 0 Å². The second kappa shape index (κ2) is 6.12. The van der Waals surface area contributed by atoms with Crippen LogP contribution in [0.4, 0.5) is 15.6 Å². The largest absolute Gasteiger partial charge is 0.325 e. The SMILES string of the molecule is Cc1ccc(Cl)c2sc(NC(=O)Nc3ccccc3Cl)nc12. The van der Waals surface area contributed by atoms with E-state index in [-0.39, 0.29) is 0 Å². The predicted molar refractivity (Wildman–Crippen MR) is 93.5 cm³/mol. The maximum atomic E-state index is 12.0. The lowest BCUT2D eigenvalue weighted by Gasteiger charge is -2.06. The summed E-state index contributed by atoms with van der Waals surface area (Å²) in [5.74, 6) is 0. The van der Waals surface area contributed by atoms with Gasteiger partial charge in [-0.25, -0.2) is 9.78 Å². The average Bonchev–Trinajstić information content (AvgIpc) is 2.90. The van der Waals surface area contributed by atoms with Crippen LogP contribution >= 0.6 is 34.5 Å². The number of hydrogen-bond acceptors (Lipinski definition) is 3. The first-order chi connectivity index (χ1) is 10.5. The summed E-state index contributed by atoms with van der Waals surface area (Å²) in [7, 11) is 0. The van der Waals surface area contributed by atoms with Crippen molar-refractivity contribution < 1.29 is 4.79 Å². The van der Waals surface area contributed by atoms with Gasteiger partial charge in [-0.1, -0.05) is 52.7 Å². The first-order valence-electron chi connectivity index (χ1n) is 6.43. The van der Waals surface area contributed by atoms with E-state index in [4.69, 9.17) is 23.2 Å². The molecule has 2 amide bonds. The zero-order valence-electron chi connectivity index (χ0n) is 11.5. The number of anilines is 2. The fourth-order valence-corrected chi connectivity index (χ4v) is 3.36. The summed E-state index contributed by atoms with van der Waals surface area (Å²) in [5, 5.41) is 6.96. The van der Waals surface area contributed by atoms with Gasteiger partial charge in [0.2, 0.25) is 0 Å². The molecule has 4 nitrogen and oxygen atoms in total. The molecule has 0 fully saturated rings. The molecule has 0 aliphatic rings. The molecule has 7 heteroatoms. The van der Waals surface area contributed by atoms with E-state index >= 15 is 0 Å². The molecule has 3 rings (SSSR count). The normalized spacial score (nSPS) is 10.7. The molecule has 22 heavy (non-hydrogen) atoms. The summed E-state index contributed by atoms with van der Waals surface area (Å²) in [6.45, 7) is 1.95. The van der Waals surface area contributed by atoms with Crippen molar-refractivity contribution in [3.8, 4) is 0 Å². The quantitative estimate of drug-likeness (QED) is 0.635. The Morgan fingerprint density at radius 2 is 1.86 bits per heavy atom. The van der Waals surface area contributed by atoms with E-state index in [1.807, 2.05) is 19.1 Å². The number of carbonyl (C=O) groups excluding carboxylic acids is 1. The fraction of sp³-hybridized carbons (Fsp3) is 0.0667. The third-order valence-corrected chi connectivity index (χ3v) is 4.80. The number of aromatic nitrogens is 1. The maximum Gasteiger partial charge on any atom is 0.325 e. The molecule has 1 heterocycles. The molecule has 0 saturated heterocycles. The Morgan fingerprint density at radius 1 is 1.09 bits per heavy atom. The Hall–Kier alpha value is -1.82. The second-order valence-corrected chi connectivity index (χ2v) is 6.43. The van der Waals surface area contributed by atoms with Crippen molar-refractivity contribution in [1.29, 1.82) is 0 Å². The van der Waals surface area contributed by atoms with Crippen molar-refractivity contribution >= 4 is 61.6 Å². The standard InChI is InChI=1S/C15H11Cl2N3OS/c1-8-6-7-10(17)13-12(8)19-15(22-13)20-14(21)18-11-5-3-2-4-9(11)16/h2-7H,1H3,(H2,18,19,20,21). The average molecular weight is 352 g/mol. The van der Waals surface area contributed by atoms with Crippen LogP contribution < -0.4 is 10.6 Å². The molecule has 0 atom stereocenters. The minimum Gasteiger partial charge on any atom is -0.306 e. The van der Waals surface area contributed by atoms with Gasteiger partial charge in [0.05, 0.1) is 25.9 Å². The topological polar surface area (TPSA) is 54.0 Å². The number of rotatable bonds is 2. The van der Waals surface area contributed by atoms with Gasteiger partial charge in [0, 0.05) is 0 Å². The van der Waals surface area contributed by atoms with Gasteiger partial charge in [-0.2, -0.15) is 0 Å². The third kappa shape index (κ3) is 3.02. The van der Waals surface area contributed by atoms with Crippen LogP contribution in [0.5, 0.6) is 0 Å². The monoisotopic (exact) mass is 351 g/mol. The number of carbonyl (C=O) groups is 1. The zero-order chi connectivity index (χ0) is 15.7. The van der Waals surface area contributed by atoms with Gasteiger partial charge in [0.15, 0.2) is 5.13 Å². The van der Waals surface area contributed by atoms with Crippen LogP contribution in [0, 0.1) is 6.92 Å². The van der Waals surface area contributed by atoms with Crippen molar-refractivity contribution in [2.24, 2.45) is 0 Å². The van der Waals surface area contributed by atoms with Gasteiger partial charge >= 0.3 is 6.03 Å². The first kappa shape index (κ1) is 15.1. The molecule has 2 aromatic carbocycles. The lowest BCUT2D eigenvalue weighted by molar-refractivity contribution is 0.262. The molecular formula is C15H11Cl2N3OS. The zero-order valence-corrected chi connectivity index (χ0v) is 13.8. The molecule has 1 aromatic heterocycles. The second-order valence-electron chi connectivity index (χ2n) is 4.62. The highest BCUT2D eigenvalue weighted by molar-refractivity contribution is 7.23. The van der Waals surface area contributed by atoms with E-state index in [0.717, 1.165) is 15.8 Å². The summed E-state index contributed by atoms with van der Waals surface area (Å²) in [6, 6.07) is 10.3. The molecule has 112 valence electrons. The lowest BCUT2D eigenvalue weighted by atomic mass is 10.2. The summed E-state index contributed by atoms with van der Waals surface area (Å²) in [6.07, 6.45) is 0. The Balaban J connectivity index is 1.81. The van der Waals surface area contributed by atoms with Crippen molar-refractivity contribution in [1.82, 2.24) is 4.98 Å². The predicted octanol–water partition coefficient (Wildman–Crippen LogP) is 5.56. The summed E-state index contributed by atoms with van der Waals surface area (Å²) in [5.41, 5.74) is 2.35. The van der Waals surface area contributed by atoms with Crippen LogP contribution in [0.1, 0.15) is 5.56 Å². The van der Waals surface area contributed by atoms with Gasteiger partial charge in [-0.05, 0) is 30.7 Å². The van der Waals surface area contributed by atoms with Crippen molar-refractivity contribution in [3.63, 3.8) is 0 Å². The number of para-hydroxylation sites is 1. The van der Waals surface area contributed by atoms with E-state index in [9.17, 15) is 4.79 Å². The Bertz CT molecular complexity index is 824. The smallest absolute Gasteiger partial charge is 0.306 e. The highest BCUT2D eigenvalue weighted by Gasteiger charge is 2.12. The number of nitrogens with one attached hydrogen (secondary N) is 2. The van der Waals surface area contributed by atoms with Crippen LogP contribution in [0.25, 0.3) is 10.2 Å². The molecule has 0 unspecified atom stereocenters. The number of urea groups is 1. The summed E-state index contributed by atoms with van der Waals surface area (Å²) in [4.78, 5) is 16.4. The molecule has 0 radical (unpaired) electrons. The van der Waals surface area contributed by atoms with Gasteiger partial charge in [0.1, 0.15) is 0 Å². The first-order valence-corrected chi connectivity index (χ1v) is 8.00. The molecule has 0 spiro atoms. The number of thiazole rings is 1. The Kier molecular flexibility index (Phi) is 4.20. The van der Waals surface area contributed by atoms with Crippen LogP contribution in [-0.4, -0.2) is 11.0 Å². The van der Waals surface area contributed by atoms with Crippen LogP contribution in [0.15, 0.2) is 36.4 Å². The molecule has 0 aliphatic carbocycles. The molecule has 0 bridgehead atoms. The van der Waals surface area contributed by atoms with Crippen molar-refractivity contribution in [2.45, 2.75) is 6.92 Å². The number of amides is 2. The highest BCUT2D eigenvalue weighted by atomic mass is 35.5. The number of nitrogens with zero attached hydrogens (tertiary/aromatic N) is 1. The van der Waals surface area contributed by atoms with E-state index in [2.05, 4.69) is 15.6 Å². The summed E-state index contributed by atoms with van der Waals surface area (Å²) >= 11 is 13.5. The third-order valence-electron chi connectivity index (χ3n) is 3.04. The molecule has 2 N–H and O–H groups in total. The molecular weight excluding hydrogens is 341 g/mol. The summed E-state index contributed by atoms with van der Waals surface area (Å²) < 4.78 is 0.856. The molecule has 0 aliphatic heterocycles. The van der Waals surface area contributed by atoms with Gasteiger partial charge in [-0.15, -0.1) is 0 Å². The molecule has 3 aromatic rings. The maximum absolute atomic E-state index is 12.0. The van der Waals surface area contributed by atoms with E-state index in [1.165, 1.54) is 11.3 Å². The minimum absolute atomic E-state index is 0.402. The number of fused-ring (bicyclic) bond motifs is 1. The lowest BCUT2D eigenvalue weighted by Crippen LogP contribution is -2.19. The van der Waals surface area contributed by atoms with Crippen molar-refractivity contribution in [2.75, 3.05) is 10.6 Å². The minimum atomic E-state index is -0.402. The van der Waals surface area contributed by atoms with E-state index < -0.39 is 6.03 Å². The number of aryl methyl sites for hydroxylation is 1. The van der Waals surface area contributed by atoms with E-state index in [1.54, 1.807) is 24.3 Å². The van der Waals surface area contributed by atoms with Gasteiger partial charge in [-0.3, -0.25) is 5.32 Å². The number of hydrogen-bond donors (Lipinski definition) is 2. The van der Waals surface area contributed by atoms with Crippen LogP contribution in [0.2, 0.25) is 10.0 Å². The Labute approximate surface area is 141 Å². The Morgan fingerprint density at radius 3 is 2.59 bits per heavy atom.